The van der Waals surface area contributed by atoms with Crippen molar-refractivity contribution in [2.75, 3.05) is 12.3 Å². The van der Waals surface area contributed by atoms with E-state index in [1.54, 1.807) is 0 Å². The Bertz CT molecular complexity index is 399. The van der Waals surface area contributed by atoms with Gasteiger partial charge in [0.05, 0.1) is 6.10 Å². The average Bonchev–Trinajstić information content (AvgIpc) is 2.87. The van der Waals surface area contributed by atoms with Crippen LogP contribution in [-0.2, 0) is 24.0 Å². The number of aromatic nitrogens is 2. The van der Waals surface area contributed by atoms with Crippen LogP contribution in [0.25, 0.3) is 0 Å². The van der Waals surface area contributed by atoms with Gasteiger partial charge in [-0.15, -0.1) is 0 Å². The maximum absolute atomic E-state index is 5.96. The van der Waals surface area contributed by atoms with Crippen LogP contribution in [0, 0.1) is 0 Å². The first kappa shape index (κ1) is 10.0. The second-order valence-corrected chi connectivity index (χ2v) is 4.64. The van der Waals surface area contributed by atoms with Gasteiger partial charge >= 0.3 is 0 Å². The number of ether oxygens (including phenoxy) is 1. The van der Waals surface area contributed by atoms with E-state index in [1.807, 2.05) is 0 Å². The van der Waals surface area contributed by atoms with E-state index in [9.17, 15) is 0 Å². The quantitative estimate of drug-likeness (QED) is 0.813. The molecule has 1 aromatic rings. The standard InChI is InChI=1S/C12H17N3O/c13-12-9-4-1-5-10(9)14-11(15-12)7-8-3-2-6-16-8/h8H,1-7H2,(H2,13,14,15). The van der Waals surface area contributed by atoms with Crippen LogP contribution >= 0.6 is 0 Å². The van der Waals surface area contributed by atoms with Crippen molar-refractivity contribution in [2.45, 2.75) is 44.6 Å². The minimum atomic E-state index is 0.304. The maximum atomic E-state index is 5.96. The van der Waals surface area contributed by atoms with E-state index in [2.05, 4.69) is 9.97 Å². The van der Waals surface area contributed by atoms with Crippen LogP contribution in [0.1, 0.15) is 36.3 Å². The summed E-state index contributed by atoms with van der Waals surface area (Å²) in [6.07, 6.45) is 6.67. The molecule has 16 heavy (non-hydrogen) atoms. The molecule has 1 saturated heterocycles. The zero-order chi connectivity index (χ0) is 11.0. The SMILES string of the molecule is Nc1nc(CC2CCCO2)nc2c1CCC2. The van der Waals surface area contributed by atoms with Crippen molar-refractivity contribution in [3.05, 3.63) is 17.1 Å². The van der Waals surface area contributed by atoms with Gasteiger partial charge in [-0.3, -0.25) is 0 Å². The smallest absolute Gasteiger partial charge is 0.133 e. The van der Waals surface area contributed by atoms with Crippen LogP contribution in [0.15, 0.2) is 0 Å². The Hall–Kier alpha value is -1.16. The highest BCUT2D eigenvalue weighted by molar-refractivity contribution is 5.44. The van der Waals surface area contributed by atoms with Crippen molar-refractivity contribution in [3.63, 3.8) is 0 Å². The summed E-state index contributed by atoms with van der Waals surface area (Å²) < 4.78 is 5.60. The number of hydrogen-bond acceptors (Lipinski definition) is 4. The van der Waals surface area contributed by atoms with E-state index >= 15 is 0 Å². The minimum Gasteiger partial charge on any atom is -0.383 e. The Morgan fingerprint density at radius 2 is 2.19 bits per heavy atom. The third-order valence-electron chi connectivity index (χ3n) is 3.45. The van der Waals surface area contributed by atoms with Crippen molar-refractivity contribution in [3.8, 4) is 0 Å². The Kier molecular flexibility index (Phi) is 2.52. The minimum absolute atomic E-state index is 0.304. The van der Waals surface area contributed by atoms with E-state index in [-0.39, 0.29) is 0 Å². The highest BCUT2D eigenvalue weighted by Gasteiger charge is 2.21. The molecule has 0 spiro atoms. The first-order valence-electron chi connectivity index (χ1n) is 6.08. The van der Waals surface area contributed by atoms with Crippen molar-refractivity contribution in [1.82, 2.24) is 9.97 Å². The van der Waals surface area contributed by atoms with E-state index in [0.29, 0.717) is 11.9 Å². The second kappa shape index (κ2) is 4.01. The Morgan fingerprint density at radius 1 is 1.25 bits per heavy atom. The van der Waals surface area contributed by atoms with Gasteiger partial charge in [-0.05, 0) is 32.1 Å². The third-order valence-corrected chi connectivity index (χ3v) is 3.45. The van der Waals surface area contributed by atoms with Gasteiger partial charge in [0, 0.05) is 24.3 Å². The molecule has 1 fully saturated rings. The molecule has 2 aliphatic rings. The summed E-state index contributed by atoms with van der Waals surface area (Å²) >= 11 is 0. The summed E-state index contributed by atoms with van der Waals surface area (Å²) in [5, 5.41) is 0. The molecule has 1 unspecified atom stereocenters. The van der Waals surface area contributed by atoms with Crippen LogP contribution in [0.4, 0.5) is 5.82 Å². The zero-order valence-electron chi connectivity index (χ0n) is 9.41. The largest absolute Gasteiger partial charge is 0.383 e. The Labute approximate surface area is 95.2 Å². The molecule has 1 aliphatic carbocycles. The molecule has 2 N–H and O–H groups in total. The lowest BCUT2D eigenvalue weighted by molar-refractivity contribution is 0.110. The van der Waals surface area contributed by atoms with Crippen LogP contribution in [0.3, 0.4) is 0 Å². The Morgan fingerprint density at radius 3 is 3.00 bits per heavy atom. The number of hydrogen-bond donors (Lipinski definition) is 1. The molecule has 4 nitrogen and oxygen atoms in total. The summed E-state index contributed by atoms with van der Waals surface area (Å²) in [6.45, 7) is 0.880. The summed E-state index contributed by atoms with van der Waals surface area (Å²) in [7, 11) is 0. The maximum Gasteiger partial charge on any atom is 0.133 e. The molecule has 0 radical (unpaired) electrons. The molecule has 0 aromatic carbocycles. The number of rotatable bonds is 2. The molecule has 86 valence electrons. The van der Waals surface area contributed by atoms with Gasteiger partial charge in [0.1, 0.15) is 11.6 Å². The molecule has 0 amide bonds. The van der Waals surface area contributed by atoms with Crippen LogP contribution in [-0.4, -0.2) is 22.7 Å². The number of fused-ring (bicyclic) bond motifs is 1. The number of nitrogens with two attached hydrogens (primary N) is 1. The summed E-state index contributed by atoms with van der Waals surface area (Å²) in [5.74, 6) is 1.56. The van der Waals surface area contributed by atoms with Crippen molar-refractivity contribution in [2.24, 2.45) is 0 Å². The lowest BCUT2D eigenvalue weighted by atomic mass is 10.1. The topological polar surface area (TPSA) is 61.0 Å². The highest BCUT2D eigenvalue weighted by Crippen LogP contribution is 2.25. The van der Waals surface area contributed by atoms with Crippen molar-refractivity contribution >= 4 is 5.82 Å². The fourth-order valence-electron chi connectivity index (χ4n) is 2.61. The molecule has 0 bridgehead atoms. The highest BCUT2D eigenvalue weighted by atomic mass is 16.5. The fourth-order valence-corrected chi connectivity index (χ4v) is 2.61. The lowest BCUT2D eigenvalue weighted by Gasteiger charge is -2.10. The normalized spacial score (nSPS) is 23.6. The predicted octanol–water partition coefficient (Wildman–Crippen LogP) is 1.27. The predicted molar refractivity (Wildman–Crippen MR) is 61.1 cm³/mol. The van der Waals surface area contributed by atoms with Gasteiger partial charge in [0.25, 0.3) is 0 Å². The van der Waals surface area contributed by atoms with E-state index < -0.39 is 0 Å². The monoisotopic (exact) mass is 219 g/mol. The molecule has 4 heteroatoms. The van der Waals surface area contributed by atoms with Gasteiger partial charge in [-0.25, -0.2) is 9.97 Å². The first-order chi connectivity index (χ1) is 7.83. The molecule has 1 aliphatic heterocycles. The number of aryl methyl sites for hydroxylation is 1. The zero-order valence-corrected chi connectivity index (χ0v) is 9.41. The van der Waals surface area contributed by atoms with Gasteiger partial charge < -0.3 is 10.5 Å². The van der Waals surface area contributed by atoms with Crippen molar-refractivity contribution < 1.29 is 4.74 Å². The number of anilines is 1. The van der Waals surface area contributed by atoms with E-state index in [4.69, 9.17) is 10.5 Å². The number of nitrogens with zero attached hydrogens (tertiary/aromatic N) is 2. The molecule has 1 aromatic heterocycles. The van der Waals surface area contributed by atoms with Crippen molar-refractivity contribution in [1.29, 1.82) is 0 Å². The Balaban J connectivity index is 1.82. The number of nitrogen functional groups attached to an aromatic ring is 1. The van der Waals surface area contributed by atoms with Gasteiger partial charge in [0.15, 0.2) is 0 Å². The third kappa shape index (κ3) is 1.78. The van der Waals surface area contributed by atoms with Crippen LogP contribution < -0.4 is 5.73 Å². The fraction of sp³-hybridized carbons (Fsp3) is 0.667. The van der Waals surface area contributed by atoms with E-state index in [0.717, 1.165) is 51.0 Å². The lowest BCUT2D eigenvalue weighted by Crippen LogP contribution is -2.14. The van der Waals surface area contributed by atoms with Gasteiger partial charge in [-0.1, -0.05) is 0 Å². The molecular formula is C12H17N3O. The first-order valence-corrected chi connectivity index (χ1v) is 6.08. The molecule has 2 heterocycles. The van der Waals surface area contributed by atoms with Gasteiger partial charge in [-0.2, -0.15) is 0 Å². The summed E-state index contributed by atoms with van der Waals surface area (Å²) in [5.41, 5.74) is 8.30. The molecule has 0 saturated carbocycles. The molecular weight excluding hydrogens is 202 g/mol. The van der Waals surface area contributed by atoms with Crippen LogP contribution in [0.5, 0.6) is 0 Å². The van der Waals surface area contributed by atoms with Gasteiger partial charge in [0.2, 0.25) is 0 Å². The molecule has 3 rings (SSSR count). The summed E-state index contributed by atoms with van der Waals surface area (Å²) in [6, 6.07) is 0. The second-order valence-electron chi connectivity index (χ2n) is 4.64. The molecule has 1 atom stereocenters. The average molecular weight is 219 g/mol. The van der Waals surface area contributed by atoms with E-state index in [1.165, 1.54) is 11.3 Å². The summed E-state index contributed by atoms with van der Waals surface area (Å²) in [4.78, 5) is 9.00. The van der Waals surface area contributed by atoms with Crippen LogP contribution in [0.2, 0.25) is 0 Å².